The van der Waals surface area contributed by atoms with E-state index in [4.69, 9.17) is 9.47 Å². The quantitative estimate of drug-likeness (QED) is 0.435. The molecule has 0 saturated carbocycles. The Kier molecular flexibility index (Phi) is 7.15. The van der Waals surface area contributed by atoms with Crippen LogP contribution in [0, 0.1) is 0 Å². The second kappa shape index (κ2) is 7.54. The van der Waals surface area contributed by atoms with Gasteiger partial charge in [-0.1, -0.05) is 0 Å². The molecule has 0 aromatic heterocycles. The van der Waals surface area contributed by atoms with Crippen molar-refractivity contribution in [2.24, 2.45) is 0 Å². The number of hydrogen-bond acceptors (Lipinski definition) is 3. The van der Waals surface area contributed by atoms with Crippen LogP contribution < -0.4 is 0 Å². The fourth-order valence-electron chi connectivity index (χ4n) is 0.741. The lowest BCUT2D eigenvalue weighted by atomic mass is 10.2. The highest BCUT2D eigenvalue weighted by molar-refractivity contribution is 5.65. The fourth-order valence-corrected chi connectivity index (χ4v) is 0.741. The fraction of sp³-hybridized carbons (Fsp3) is 0.875. The number of carbonyl (C=O) groups is 1. The minimum absolute atomic E-state index is 0.197. The van der Waals surface area contributed by atoms with Gasteiger partial charge in [0.25, 0.3) is 0 Å². The van der Waals surface area contributed by atoms with Gasteiger partial charge in [-0.05, 0) is 19.3 Å². The van der Waals surface area contributed by atoms with Crippen LogP contribution in [0.1, 0.15) is 26.2 Å². The Morgan fingerprint density at radius 1 is 1.18 bits per heavy atom. The van der Waals surface area contributed by atoms with Gasteiger partial charge in [0.2, 0.25) is 0 Å². The predicted octanol–water partition coefficient (Wildman–Crippen LogP) is 1.37. The summed E-state index contributed by atoms with van der Waals surface area (Å²) in [6.45, 7) is 2.76. The van der Waals surface area contributed by atoms with E-state index in [9.17, 15) is 4.79 Å². The maximum atomic E-state index is 10.3. The molecule has 0 aromatic carbocycles. The van der Waals surface area contributed by atoms with E-state index in [1.165, 1.54) is 6.92 Å². The Bertz CT molecular complexity index is 102. The van der Waals surface area contributed by atoms with Crippen molar-refractivity contribution in [2.45, 2.75) is 26.2 Å². The molecule has 0 unspecified atom stereocenters. The highest BCUT2D eigenvalue weighted by Crippen LogP contribution is 1.95. The van der Waals surface area contributed by atoms with Gasteiger partial charge >= 0.3 is 5.97 Å². The third kappa shape index (κ3) is 9.43. The van der Waals surface area contributed by atoms with Gasteiger partial charge in [0.1, 0.15) is 0 Å². The van der Waals surface area contributed by atoms with Crippen LogP contribution in [0.25, 0.3) is 0 Å². The van der Waals surface area contributed by atoms with Gasteiger partial charge in [-0.2, -0.15) is 0 Å². The van der Waals surface area contributed by atoms with Gasteiger partial charge in [-0.15, -0.1) is 0 Å². The molecule has 0 bridgehead atoms. The van der Waals surface area contributed by atoms with E-state index >= 15 is 0 Å². The minimum Gasteiger partial charge on any atom is -0.466 e. The summed E-state index contributed by atoms with van der Waals surface area (Å²) >= 11 is 0. The molecule has 0 N–H and O–H groups in total. The van der Waals surface area contributed by atoms with Crippen molar-refractivity contribution in [1.82, 2.24) is 0 Å². The van der Waals surface area contributed by atoms with Gasteiger partial charge in [0.15, 0.2) is 0 Å². The maximum Gasteiger partial charge on any atom is 0.302 e. The Labute approximate surface area is 67.7 Å². The Morgan fingerprint density at radius 3 is 2.36 bits per heavy atom. The highest BCUT2D eigenvalue weighted by atomic mass is 16.5. The van der Waals surface area contributed by atoms with E-state index in [-0.39, 0.29) is 5.97 Å². The Morgan fingerprint density at radius 2 is 1.82 bits per heavy atom. The lowest BCUT2D eigenvalue weighted by Crippen LogP contribution is -2.00. The monoisotopic (exact) mass is 160 g/mol. The molecule has 0 radical (unpaired) electrons. The first-order valence-corrected chi connectivity index (χ1v) is 3.89. The summed E-state index contributed by atoms with van der Waals surface area (Å²) in [6, 6.07) is 0. The second-order valence-electron chi connectivity index (χ2n) is 2.39. The van der Waals surface area contributed by atoms with Crippen molar-refractivity contribution in [3.8, 4) is 0 Å². The molecule has 0 saturated heterocycles. The molecule has 0 heterocycles. The van der Waals surface area contributed by atoms with Crippen molar-refractivity contribution in [2.75, 3.05) is 20.3 Å². The molecule has 0 aliphatic heterocycles. The van der Waals surface area contributed by atoms with E-state index in [0.29, 0.717) is 6.61 Å². The van der Waals surface area contributed by atoms with E-state index in [1.807, 2.05) is 0 Å². The van der Waals surface area contributed by atoms with Crippen LogP contribution in [0.4, 0.5) is 0 Å². The summed E-state index contributed by atoms with van der Waals surface area (Å²) < 4.78 is 9.60. The van der Waals surface area contributed by atoms with E-state index in [2.05, 4.69) is 0 Å². The van der Waals surface area contributed by atoms with E-state index < -0.39 is 0 Å². The summed E-state index contributed by atoms with van der Waals surface area (Å²) in [6.07, 6.45) is 3.03. The molecule has 66 valence electrons. The largest absolute Gasteiger partial charge is 0.466 e. The zero-order valence-corrected chi connectivity index (χ0v) is 7.26. The third-order valence-corrected chi connectivity index (χ3v) is 1.30. The Hall–Kier alpha value is -0.570. The summed E-state index contributed by atoms with van der Waals surface area (Å²) in [5.74, 6) is -0.197. The maximum absolute atomic E-state index is 10.3. The zero-order valence-electron chi connectivity index (χ0n) is 7.26. The second-order valence-corrected chi connectivity index (χ2v) is 2.39. The minimum atomic E-state index is -0.197. The van der Waals surface area contributed by atoms with Crippen LogP contribution >= 0.6 is 0 Å². The number of carbonyl (C=O) groups excluding carboxylic acids is 1. The first-order valence-electron chi connectivity index (χ1n) is 3.89. The smallest absolute Gasteiger partial charge is 0.302 e. The van der Waals surface area contributed by atoms with Crippen LogP contribution in [0.3, 0.4) is 0 Å². The molecule has 0 aliphatic rings. The third-order valence-electron chi connectivity index (χ3n) is 1.30. The lowest BCUT2D eigenvalue weighted by Gasteiger charge is -2.00. The normalized spacial score (nSPS) is 9.64. The molecule has 0 aliphatic carbocycles. The average Bonchev–Trinajstić information content (AvgIpc) is 1.96. The topological polar surface area (TPSA) is 35.5 Å². The van der Waals surface area contributed by atoms with Gasteiger partial charge in [-0.25, -0.2) is 0 Å². The number of unbranched alkanes of at least 4 members (excludes halogenated alkanes) is 2. The molecule has 0 spiro atoms. The van der Waals surface area contributed by atoms with Crippen LogP contribution in [-0.2, 0) is 14.3 Å². The molecular formula is C8H16O3. The van der Waals surface area contributed by atoms with Crippen LogP contribution in [0.2, 0.25) is 0 Å². The molecule has 3 heteroatoms. The van der Waals surface area contributed by atoms with Gasteiger partial charge in [0, 0.05) is 20.6 Å². The van der Waals surface area contributed by atoms with E-state index in [1.54, 1.807) is 7.11 Å². The van der Waals surface area contributed by atoms with Crippen molar-refractivity contribution in [3.05, 3.63) is 0 Å². The van der Waals surface area contributed by atoms with Gasteiger partial charge in [0.05, 0.1) is 6.61 Å². The summed E-state index contributed by atoms with van der Waals surface area (Å²) in [5.41, 5.74) is 0. The van der Waals surface area contributed by atoms with Crippen LogP contribution in [0.15, 0.2) is 0 Å². The summed E-state index contributed by atoms with van der Waals surface area (Å²) in [4.78, 5) is 10.3. The Balaban J connectivity index is 2.85. The lowest BCUT2D eigenvalue weighted by molar-refractivity contribution is -0.141. The summed E-state index contributed by atoms with van der Waals surface area (Å²) in [5, 5.41) is 0. The number of ether oxygens (including phenoxy) is 2. The van der Waals surface area contributed by atoms with Crippen molar-refractivity contribution >= 4 is 5.97 Å². The number of methoxy groups -OCH3 is 1. The van der Waals surface area contributed by atoms with Gasteiger partial charge in [-0.3, -0.25) is 4.79 Å². The molecule has 11 heavy (non-hydrogen) atoms. The average molecular weight is 160 g/mol. The van der Waals surface area contributed by atoms with E-state index in [0.717, 1.165) is 25.9 Å². The SMILES string of the molecule is COCCCCCOC(C)=O. The van der Waals surface area contributed by atoms with Crippen molar-refractivity contribution in [1.29, 1.82) is 0 Å². The number of rotatable bonds is 6. The van der Waals surface area contributed by atoms with Gasteiger partial charge < -0.3 is 9.47 Å². The number of hydrogen-bond donors (Lipinski definition) is 0. The molecule has 0 fully saturated rings. The van der Waals surface area contributed by atoms with Crippen LogP contribution in [0.5, 0.6) is 0 Å². The molecular weight excluding hydrogens is 144 g/mol. The number of esters is 1. The molecule has 0 rings (SSSR count). The first kappa shape index (κ1) is 10.4. The predicted molar refractivity (Wildman–Crippen MR) is 42.4 cm³/mol. The van der Waals surface area contributed by atoms with Crippen molar-refractivity contribution in [3.63, 3.8) is 0 Å². The van der Waals surface area contributed by atoms with Crippen molar-refractivity contribution < 1.29 is 14.3 Å². The molecule has 0 atom stereocenters. The zero-order chi connectivity index (χ0) is 8.53. The molecule has 0 amide bonds. The van der Waals surface area contributed by atoms with Crippen LogP contribution in [-0.4, -0.2) is 26.3 Å². The highest BCUT2D eigenvalue weighted by Gasteiger charge is 1.92. The summed E-state index contributed by atoms with van der Waals surface area (Å²) in [7, 11) is 1.69. The standard InChI is InChI=1S/C8H16O3/c1-8(9)11-7-5-3-4-6-10-2/h3-7H2,1-2H3. The first-order chi connectivity index (χ1) is 5.27. The molecule has 0 aromatic rings. The molecule has 3 nitrogen and oxygen atoms in total.